The van der Waals surface area contributed by atoms with Crippen LogP contribution in [0.25, 0.3) is 11.1 Å². The van der Waals surface area contributed by atoms with Gasteiger partial charge in [-0.3, -0.25) is 0 Å². The molecular weight excluding hydrogens is 222 g/mol. The average molecular weight is 234 g/mol. The van der Waals surface area contributed by atoms with E-state index in [0.717, 1.165) is 0 Å². The van der Waals surface area contributed by atoms with Crippen LogP contribution in [0, 0.1) is 11.6 Å². The second-order valence-corrected chi connectivity index (χ2v) is 3.58. The number of hydrogen-bond acceptors (Lipinski definition) is 1. The van der Waals surface area contributed by atoms with E-state index < -0.39 is 0 Å². The van der Waals surface area contributed by atoms with Crippen molar-refractivity contribution in [3.8, 4) is 16.9 Å². The summed E-state index contributed by atoms with van der Waals surface area (Å²) in [6.07, 6.45) is 0. The molecule has 0 bridgehead atoms. The molecule has 0 aliphatic rings. The van der Waals surface area contributed by atoms with Crippen LogP contribution in [-0.4, -0.2) is 6.61 Å². The standard InChI is InChI=1S/C14H12F2O/c1-2-17-14-9-12(16)6-7-13(14)10-4-3-5-11(15)8-10/h3-9H,2H2,1H3. The maximum Gasteiger partial charge on any atom is 0.130 e. The van der Waals surface area contributed by atoms with Gasteiger partial charge in [0.15, 0.2) is 0 Å². The lowest BCUT2D eigenvalue weighted by molar-refractivity contribution is 0.339. The van der Waals surface area contributed by atoms with E-state index in [0.29, 0.717) is 23.5 Å². The van der Waals surface area contributed by atoms with Crippen LogP contribution >= 0.6 is 0 Å². The van der Waals surface area contributed by atoms with E-state index >= 15 is 0 Å². The summed E-state index contributed by atoms with van der Waals surface area (Å²) in [6, 6.07) is 10.4. The predicted octanol–water partition coefficient (Wildman–Crippen LogP) is 4.03. The first-order valence-electron chi connectivity index (χ1n) is 5.39. The van der Waals surface area contributed by atoms with Crippen LogP contribution in [0.3, 0.4) is 0 Å². The van der Waals surface area contributed by atoms with E-state index in [4.69, 9.17) is 4.74 Å². The van der Waals surface area contributed by atoms with Gasteiger partial charge in [-0.25, -0.2) is 8.78 Å². The minimum Gasteiger partial charge on any atom is -0.493 e. The van der Waals surface area contributed by atoms with E-state index in [1.165, 1.54) is 24.3 Å². The van der Waals surface area contributed by atoms with Gasteiger partial charge in [0.05, 0.1) is 6.61 Å². The Bertz CT molecular complexity index is 523. The van der Waals surface area contributed by atoms with Gasteiger partial charge in [-0.15, -0.1) is 0 Å². The summed E-state index contributed by atoms with van der Waals surface area (Å²) in [5, 5.41) is 0. The molecule has 0 amide bonds. The van der Waals surface area contributed by atoms with Gasteiger partial charge in [0.25, 0.3) is 0 Å². The minimum atomic E-state index is -0.367. The van der Waals surface area contributed by atoms with Gasteiger partial charge in [-0.05, 0) is 36.8 Å². The normalized spacial score (nSPS) is 10.3. The Morgan fingerprint density at radius 3 is 2.47 bits per heavy atom. The number of rotatable bonds is 3. The first kappa shape index (κ1) is 11.6. The molecule has 2 rings (SSSR count). The molecule has 2 aromatic carbocycles. The molecule has 0 aliphatic carbocycles. The van der Waals surface area contributed by atoms with Crippen LogP contribution in [0.2, 0.25) is 0 Å². The fourth-order valence-electron chi connectivity index (χ4n) is 1.67. The van der Waals surface area contributed by atoms with Crippen molar-refractivity contribution in [2.45, 2.75) is 6.92 Å². The first-order valence-corrected chi connectivity index (χ1v) is 5.39. The van der Waals surface area contributed by atoms with Crippen molar-refractivity contribution >= 4 is 0 Å². The molecule has 0 unspecified atom stereocenters. The predicted molar refractivity (Wildman–Crippen MR) is 63.0 cm³/mol. The van der Waals surface area contributed by atoms with Gasteiger partial charge < -0.3 is 4.74 Å². The summed E-state index contributed by atoms with van der Waals surface area (Å²) >= 11 is 0. The van der Waals surface area contributed by atoms with Crippen molar-refractivity contribution in [2.24, 2.45) is 0 Å². The molecule has 0 aliphatic heterocycles. The molecule has 0 heterocycles. The van der Waals surface area contributed by atoms with Gasteiger partial charge >= 0.3 is 0 Å². The highest BCUT2D eigenvalue weighted by atomic mass is 19.1. The van der Waals surface area contributed by atoms with Crippen LogP contribution in [0.1, 0.15) is 6.92 Å². The van der Waals surface area contributed by atoms with Gasteiger partial charge in [-0.2, -0.15) is 0 Å². The van der Waals surface area contributed by atoms with E-state index in [1.807, 2.05) is 6.92 Å². The SMILES string of the molecule is CCOc1cc(F)ccc1-c1cccc(F)c1. The Hall–Kier alpha value is -1.90. The topological polar surface area (TPSA) is 9.23 Å². The first-order chi connectivity index (χ1) is 8.20. The molecule has 0 fully saturated rings. The Morgan fingerprint density at radius 1 is 1.00 bits per heavy atom. The van der Waals surface area contributed by atoms with E-state index in [9.17, 15) is 8.78 Å². The fourth-order valence-corrected chi connectivity index (χ4v) is 1.67. The van der Waals surface area contributed by atoms with Gasteiger partial charge in [0, 0.05) is 11.6 Å². The molecule has 0 aromatic heterocycles. The molecule has 2 aromatic rings. The summed E-state index contributed by atoms with van der Waals surface area (Å²) in [5.74, 6) is -0.263. The smallest absolute Gasteiger partial charge is 0.130 e. The van der Waals surface area contributed by atoms with Crippen LogP contribution in [0.5, 0.6) is 5.75 Å². The van der Waals surface area contributed by atoms with Crippen molar-refractivity contribution < 1.29 is 13.5 Å². The Morgan fingerprint density at radius 2 is 1.76 bits per heavy atom. The third-order valence-corrected chi connectivity index (χ3v) is 2.38. The summed E-state index contributed by atoms with van der Waals surface area (Å²) in [6.45, 7) is 2.26. The molecule has 17 heavy (non-hydrogen) atoms. The molecule has 0 spiro atoms. The van der Waals surface area contributed by atoms with Crippen LogP contribution in [0.4, 0.5) is 8.78 Å². The quantitative estimate of drug-likeness (QED) is 0.779. The molecule has 88 valence electrons. The van der Waals surface area contributed by atoms with Crippen molar-refractivity contribution in [3.63, 3.8) is 0 Å². The summed E-state index contributed by atoms with van der Waals surface area (Å²) < 4.78 is 31.6. The third-order valence-electron chi connectivity index (χ3n) is 2.38. The molecule has 0 saturated carbocycles. The average Bonchev–Trinajstić information content (AvgIpc) is 2.29. The zero-order valence-corrected chi connectivity index (χ0v) is 9.41. The lowest BCUT2D eigenvalue weighted by atomic mass is 10.0. The fraction of sp³-hybridized carbons (Fsp3) is 0.143. The van der Waals surface area contributed by atoms with E-state index in [2.05, 4.69) is 0 Å². The maximum atomic E-state index is 13.1. The zero-order valence-electron chi connectivity index (χ0n) is 9.41. The Kier molecular flexibility index (Phi) is 3.38. The molecule has 0 saturated heterocycles. The summed E-state index contributed by atoms with van der Waals surface area (Å²) in [5.41, 5.74) is 1.36. The van der Waals surface area contributed by atoms with E-state index in [1.54, 1.807) is 18.2 Å². The molecule has 1 nitrogen and oxygen atoms in total. The lowest BCUT2D eigenvalue weighted by Crippen LogP contribution is -1.95. The maximum absolute atomic E-state index is 13.1. The zero-order chi connectivity index (χ0) is 12.3. The van der Waals surface area contributed by atoms with Gasteiger partial charge in [-0.1, -0.05) is 12.1 Å². The van der Waals surface area contributed by atoms with Crippen molar-refractivity contribution in [1.29, 1.82) is 0 Å². The van der Waals surface area contributed by atoms with Crippen LogP contribution < -0.4 is 4.74 Å². The van der Waals surface area contributed by atoms with Gasteiger partial charge in [0.2, 0.25) is 0 Å². The molecule has 3 heteroatoms. The number of halogens is 2. The van der Waals surface area contributed by atoms with Crippen LogP contribution in [-0.2, 0) is 0 Å². The number of hydrogen-bond donors (Lipinski definition) is 0. The van der Waals surface area contributed by atoms with Crippen LogP contribution in [0.15, 0.2) is 42.5 Å². The molecule has 0 atom stereocenters. The Balaban J connectivity index is 2.50. The van der Waals surface area contributed by atoms with E-state index in [-0.39, 0.29) is 11.6 Å². The Labute approximate surface area is 98.7 Å². The molecule has 0 N–H and O–H groups in total. The molecule has 0 radical (unpaired) electrons. The van der Waals surface area contributed by atoms with Crippen molar-refractivity contribution in [3.05, 3.63) is 54.1 Å². The summed E-state index contributed by atoms with van der Waals surface area (Å²) in [7, 11) is 0. The monoisotopic (exact) mass is 234 g/mol. The third kappa shape index (κ3) is 2.61. The lowest BCUT2D eigenvalue weighted by Gasteiger charge is -2.10. The second-order valence-electron chi connectivity index (χ2n) is 3.58. The van der Waals surface area contributed by atoms with Crippen molar-refractivity contribution in [1.82, 2.24) is 0 Å². The highest BCUT2D eigenvalue weighted by molar-refractivity contribution is 5.70. The molecular formula is C14H12F2O. The van der Waals surface area contributed by atoms with Gasteiger partial charge in [0.1, 0.15) is 17.4 Å². The number of benzene rings is 2. The van der Waals surface area contributed by atoms with Crippen molar-refractivity contribution in [2.75, 3.05) is 6.61 Å². The second kappa shape index (κ2) is 4.95. The highest BCUT2D eigenvalue weighted by Gasteiger charge is 2.08. The largest absolute Gasteiger partial charge is 0.493 e. The number of ether oxygens (including phenoxy) is 1. The minimum absolute atomic E-state index is 0.325. The summed E-state index contributed by atoms with van der Waals surface area (Å²) in [4.78, 5) is 0. The highest BCUT2D eigenvalue weighted by Crippen LogP contribution is 2.31.